The lowest BCUT2D eigenvalue weighted by molar-refractivity contribution is 0.593. The lowest BCUT2D eigenvalue weighted by Crippen LogP contribution is -2.14. The standard InChI is InChI=1S/C17H14ClFN2/c18-14-4-1-5-15(19)13(14)10-16(20)12-7-6-11-3-2-8-21-17(11)9-12/h1-9,16H,10,20H2. The summed E-state index contributed by atoms with van der Waals surface area (Å²) in [4.78, 5) is 4.31. The molecule has 0 radical (unpaired) electrons. The molecule has 1 heterocycles. The molecule has 0 saturated heterocycles. The Morgan fingerprint density at radius 2 is 2.00 bits per heavy atom. The van der Waals surface area contributed by atoms with Gasteiger partial charge in [0.1, 0.15) is 5.82 Å². The molecule has 0 aliphatic rings. The summed E-state index contributed by atoms with van der Waals surface area (Å²) in [6.45, 7) is 0. The average Bonchev–Trinajstić information content (AvgIpc) is 2.50. The van der Waals surface area contributed by atoms with Gasteiger partial charge in [0, 0.05) is 28.2 Å². The van der Waals surface area contributed by atoms with E-state index in [1.165, 1.54) is 6.07 Å². The molecular weight excluding hydrogens is 287 g/mol. The summed E-state index contributed by atoms with van der Waals surface area (Å²) >= 11 is 6.05. The van der Waals surface area contributed by atoms with Crippen LogP contribution in [0.25, 0.3) is 10.9 Å². The Balaban J connectivity index is 1.91. The molecule has 4 heteroatoms. The predicted octanol–water partition coefficient (Wildman–Crippen LogP) is 4.27. The number of hydrogen-bond donors (Lipinski definition) is 1. The maximum atomic E-state index is 13.8. The number of nitrogens with zero attached hydrogens (tertiary/aromatic N) is 1. The molecule has 2 N–H and O–H groups in total. The number of fused-ring (bicyclic) bond motifs is 1. The van der Waals surface area contributed by atoms with Crippen molar-refractivity contribution in [2.75, 3.05) is 0 Å². The third-order valence-electron chi connectivity index (χ3n) is 3.54. The molecule has 1 unspecified atom stereocenters. The first-order chi connectivity index (χ1) is 10.1. The van der Waals surface area contributed by atoms with Crippen LogP contribution in [0, 0.1) is 5.82 Å². The lowest BCUT2D eigenvalue weighted by atomic mass is 9.98. The maximum Gasteiger partial charge on any atom is 0.127 e. The highest BCUT2D eigenvalue weighted by Crippen LogP contribution is 2.25. The number of hydrogen-bond acceptors (Lipinski definition) is 2. The van der Waals surface area contributed by atoms with Crippen molar-refractivity contribution >= 4 is 22.5 Å². The zero-order valence-electron chi connectivity index (χ0n) is 11.3. The molecular formula is C17H14ClFN2. The normalized spacial score (nSPS) is 12.5. The molecule has 0 spiro atoms. The molecule has 1 aromatic heterocycles. The molecule has 2 aromatic carbocycles. The SMILES string of the molecule is NC(Cc1c(F)cccc1Cl)c1ccc2cccnc2c1. The predicted molar refractivity (Wildman–Crippen MR) is 83.8 cm³/mol. The minimum absolute atomic E-state index is 0.322. The lowest BCUT2D eigenvalue weighted by Gasteiger charge is -2.14. The van der Waals surface area contributed by atoms with Gasteiger partial charge in [-0.2, -0.15) is 0 Å². The molecule has 0 bridgehead atoms. The Hall–Kier alpha value is -1.97. The van der Waals surface area contributed by atoms with Crippen LogP contribution in [0.4, 0.5) is 4.39 Å². The van der Waals surface area contributed by atoms with Gasteiger partial charge in [-0.15, -0.1) is 0 Å². The van der Waals surface area contributed by atoms with Gasteiger partial charge in [0.15, 0.2) is 0 Å². The van der Waals surface area contributed by atoms with Crippen molar-refractivity contribution in [3.63, 3.8) is 0 Å². The van der Waals surface area contributed by atoms with Crippen LogP contribution in [0.3, 0.4) is 0 Å². The summed E-state index contributed by atoms with van der Waals surface area (Å²) in [5, 5.41) is 1.46. The average molecular weight is 301 g/mol. The molecule has 2 nitrogen and oxygen atoms in total. The minimum Gasteiger partial charge on any atom is -0.324 e. The van der Waals surface area contributed by atoms with Crippen LogP contribution in [0.5, 0.6) is 0 Å². The van der Waals surface area contributed by atoms with E-state index in [0.717, 1.165) is 16.5 Å². The molecule has 21 heavy (non-hydrogen) atoms. The van der Waals surface area contributed by atoms with Crippen molar-refractivity contribution in [3.05, 3.63) is 76.7 Å². The van der Waals surface area contributed by atoms with Crippen LogP contribution in [-0.2, 0) is 6.42 Å². The van der Waals surface area contributed by atoms with Gasteiger partial charge in [0.25, 0.3) is 0 Å². The van der Waals surface area contributed by atoms with Crippen LogP contribution >= 0.6 is 11.6 Å². The summed E-state index contributed by atoms with van der Waals surface area (Å²) < 4.78 is 13.8. The quantitative estimate of drug-likeness (QED) is 0.784. The largest absolute Gasteiger partial charge is 0.324 e. The molecule has 0 aliphatic carbocycles. The first-order valence-electron chi connectivity index (χ1n) is 6.68. The van der Waals surface area contributed by atoms with E-state index in [1.54, 1.807) is 18.3 Å². The van der Waals surface area contributed by atoms with Gasteiger partial charge >= 0.3 is 0 Å². The third-order valence-corrected chi connectivity index (χ3v) is 3.90. The van der Waals surface area contributed by atoms with Gasteiger partial charge in [-0.05, 0) is 36.2 Å². The topological polar surface area (TPSA) is 38.9 Å². The van der Waals surface area contributed by atoms with Crippen LogP contribution in [-0.4, -0.2) is 4.98 Å². The molecule has 3 aromatic rings. The second-order valence-electron chi connectivity index (χ2n) is 4.97. The van der Waals surface area contributed by atoms with Gasteiger partial charge in [-0.25, -0.2) is 4.39 Å². The number of halogens is 2. The molecule has 3 rings (SSSR count). The van der Waals surface area contributed by atoms with Gasteiger partial charge in [0.2, 0.25) is 0 Å². The van der Waals surface area contributed by atoms with Gasteiger partial charge < -0.3 is 5.73 Å². The Morgan fingerprint density at radius 3 is 2.81 bits per heavy atom. The fourth-order valence-electron chi connectivity index (χ4n) is 2.38. The van der Waals surface area contributed by atoms with Crippen molar-refractivity contribution in [2.45, 2.75) is 12.5 Å². The summed E-state index contributed by atoms with van der Waals surface area (Å²) in [6, 6.07) is 14.1. The van der Waals surface area contributed by atoms with Crippen LogP contribution < -0.4 is 5.73 Å². The van der Waals surface area contributed by atoms with Gasteiger partial charge in [0.05, 0.1) is 5.52 Å². The number of aromatic nitrogens is 1. The summed E-state index contributed by atoms with van der Waals surface area (Å²) in [6.07, 6.45) is 2.09. The van der Waals surface area contributed by atoms with Crippen molar-refractivity contribution in [2.24, 2.45) is 5.73 Å². The maximum absolute atomic E-state index is 13.8. The number of rotatable bonds is 3. The number of benzene rings is 2. The van der Waals surface area contributed by atoms with Crippen molar-refractivity contribution in [3.8, 4) is 0 Å². The van der Waals surface area contributed by atoms with E-state index in [9.17, 15) is 4.39 Å². The Bertz CT molecular complexity index is 768. The second-order valence-corrected chi connectivity index (χ2v) is 5.37. The molecule has 1 atom stereocenters. The highest BCUT2D eigenvalue weighted by atomic mass is 35.5. The second kappa shape index (κ2) is 5.80. The van der Waals surface area contributed by atoms with E-state index in [2.05, 4.69) is 4.98 Å². The first-order valence-corrected chi connectivity index (χ1v) is 7.06. The monoisotopic (exact) mass is 300 g/mol. The molecule has 0 fully saturated rings. The Morgan fingerprint density at radius 1 is 1.14 bits per heavy atom. The van der Waals surface area contributed by atoms with Crippen LogP contribution in [0.1, 0.15) is 17.2 Å². The summed E-state index contributed by atoms with van der Waals surface area (Å²) in [5.74, 6) is -0.322. The zero-order chi connectivity index (χ0) is 14.8. The van der Waals surface area contributed by atoms with Crippen molar-refractivity contribution < 1.29 is 4.39 Å². The zero-order valence-corrected chi connectivity index (χ0v) is 12.0. The van der Waals surface area contributed by atoms with Gasteiger partial charge in [-0.1, -0.05) is 35.9 Å². The van der Waals surface area contributed by atoms with Crippen molar-refractivity contribution in [1.29, 1.82) is 0 Å². The molecule has 0 amide bonds. The fraction of sp³-hybridized carbons (Fsp3) is 0.118. The van der Waals surface area contributed by atoms with E-state index < -0.39 is 0 Å². The van der Waals surface area contributed by atoms with E-state index in [-0.39, 0.29) is 11.9 Å². The van der Waals surface area contributed by atoms with Crippen molar-refractivity contribution in [1.82, 2.24) is 4.98 Å². The number of pyridine rings is 1. The first kappa shape index (κ1) is 14.0. The highest BCUT2D eigenvalue weighted by molar-refractivity contribution is 6.31. The molecule has 106 valence electrons. The minimum atomic E-state index is -0.328. The summed E-state index contributed by atoms with van der Waals surface area (Å²) in [5.41, 5.74) is 8.45. The van der Waals surface area contributed by atoms with E-state index in [1.807, 2.05) is 30.3 Å². The van der Waals surface area contributed by atoms with E-state index in [4.69, 9.17) is 17.3 Å². The molecule has 0 saturated carbocycles. The van der Waals surface area contributed by atoms with Gasteiger partial charge in [-0.3, -0.25) is 4.98 Å². The molecule has 0 aliphatic heterocycles. The Kier molecular flexibility index (Phi) is 3.86. The fourth-order valence-corrected chi connectivity index (χ4v) is 2.62. The summed E-state index contributed by atoms with van der Waals surface area (Å²) in [7, 11) is 0. The third kappa shape index (κ3) is 2.89. The van der Waals surface area contributed by atoms with Crippen LogP contribution in [0.2, 0.25) is 5.02 Å². The van der Waals surface area contributed by atoms with E-state index in [0.29, 0.717) is 17.0 Å². The highest BCUT2D eigenvalue weighted by Gasteiger charge is 2.13. The van der Waals surface area contributed by atoms with E-state index >= 15 is 0 Å². The Labute approximate surface area is 127 Å². The smallest absolute Gasteiger partial charge is 0.127 e. The number of nitrogens with two attached hydrogens (primary N) is 1. The van der Waals surface area contributed by atoms with Crippen LogP contribution in [0.15, 0.2) is 54.7 Å².